The summed E-state index contributed by atoms with van der Waals surface area (Å²) in [6.07, 6.45) is 2.20. The molecule has 1 unspecified atom stereocenters. The van der Waals surface area contributed by atoms with Gasteiger partial charge in [-0.15, -0.1) is 0 Å². The van der Waals surface area contributed by atoms with Crippen LogP contribution in [0.2, 0.25) is 0 Å². The van der Waals surface area contributed by atoms with E-state index in [-0.39, 0.29) is 0 Å². The molecule has 0 heterocycles. The summed E-state index contributed by atoms with van der Waals surface area (Å²) < 4.78 is 1.34. The van der Waals surface area contributed by atoms with Crippen molar-refractivity contribution in [1.82, 2.24) is 5.32 Å². The predicted octanol–water partition coefficient (Wildman–Crippen LogP) is 4.57. The van der Waals surface area contributed by atoms with Crippen molar-refractivity contribution >= 4 is 22.6 Å². The maximum atomic E-state index is 3.67. The summed E-state index contributed by atoms with van der Waals surface area (Å²) in [5.74, 6) is 0. The third kappa shape index (κ3) is 4.32. The Kier molecular flexibility index (Phi) is 5.86. The van der Waals surface area contributed by atoms with Crippen molar-refractivity contribution in [1.29, 1.82) is 0 Å². The Morgan fingerprint density at radius 1 is 1.00 bits per heavy atom. The van der Waals surface area contributed by atoms with Crippen molar-refractivity contribution < 1.29 is 0 Å². The molecule has 0 fully saturated rings. The normalized spacial score (nSPS) is 12.3. The molecule has 1 nitrogen and oxygen atoms in total. The third-order valence-electron chi connectivity index (χ3n) is 3.20. The lowest BCUT2D eigenvalue weighted by Crippen LogP contribution is -2.24. The zero-order valence-corrected chi connectivity index (χ0v) is 13.4. The summed E-state index contributed by atoms with van der Waals surface area (Å²) in [6, 6.07) is 19.8. The fraction of sp³-hybridized carbons (Fsp3) is 0.294. The Hall–Kier alpha value is -0.870. The van der Waals surface area contributed by atoms with E-state index in [4.69, 9.17) is 0 Å². The molecule has 0 saturated carbocycles. The van der Waals surface area contributed by atoms with E-state index in [0.717, 1.165) is 19.4 Å². The van der Waals surface area contributed by atoms with Gasteiger partial charge in [0.2, 0.25) is 0 Å². The second-order valence-corrected chi connectivity index (χ2v) is 5.88. The molecular weight excluding hydrogens is 345 g/mol. The van der Waals surface area contributed by atoms with Crippen LogP contribution in [-0.2, 0) is 6.42 Å². The minimum absolute atomic E-state index is 0.399. The summed E-state index contributed by atoms with van der Waals surface area (Å²) in [6.45, 7) is 3.27. The summed E-state index contributed by atoms with van der Waals surface area (Å²) in [5.41, 5.74) is 2.79. The molecule has 0 radical (unpaired) electrons. The number of rotatable bonds is 6. The van der Waals surface area contributed by atoms with Gasteiger partial charge < -0.3 is 5.32 Å². The highest BCUT2D eigenvalue weighted by atomic mass is 127. The molecule has 1 atom stereocenters. The molecule has 0 spiro atoms. The Balaban J connectivity index is 2.19. The highest BCUT2D eigenvalue weighted by Gasteiger charge is 2.13. The minimum Gasteiger partial charge on any atom is -0.310 e. The fourth-order valence-electron chi connectivity index (χ4n) is 2.22. The zero-order chi connectivity index (χ0) is 13.5. The van der Waals surface area contributed by atoms with Gasteiger partial charge in [0.25, 0.3) is 0 Å². The lowest BCUT2D eigenvalue weighted by molar-refractivity contribution is 0.527. The van der Waals surface area contributed by atoms with Crippen molar-refractivity contribution in [3.63, 3.8) is 0 Å². The van der Waals surface area contributed by atoms with Crippen LogP contribution < -0.4 is 5.32 Å². The van der Waals surface area contributed by atoms with Crippen molar-refractivity contribution in [2.45, 2.75) is 25.8 Å². The molecule has 0 bridgehead atoms. The summed E-state index contributed by atoms with van der Waals surface area (Å²) in [7, 11) is 0. The first-order valence-corrected chi connectivity index (χ1v) is 7.91. The van der Waals surface area contributed by atoms with Gasteiger partial charge in [0, 0.05) is 9.61 Å². The largest absolute Gasteiger partial charge is 0.310 e. The third-order valence-corrected chi connectivity index (χ3v) is 4.19. The highest BCUT2D eigenvalue weighted by Crippen LogP contribution is 2.23. The van der Waals surface area contributed by atoms with E-state index in [1.165, 1.54) is 14.7 Å². The number of nitrogens with one attached hydrogen (secondary N) is 1. The van der Waals surface area contributed by atoms with Crippen LogP contribution in [-0.4, -0.2) is 6.54 Å². The molecule has 100 valence electrons. The molecule has 2 rings (SSSR count). The molecule has 19 heavy (non-hydrogen) atoms. The topological polar surface area (TPSA) is 12.0 Å². The molecule has 2 aromatic carbocycles. The van der Waals surface area contributed by atoms with Gasteiger partial charge in [0.05, 0.1) is 0 Å². The van der Waals surface area contributed by atoms with Gasteiger partial charge in [-0.3, -0.25) is 0 Å². The van der Waals surface area contributed by atoms with Gasteiger partial charge in [-0.1, -0.05) is 55.5 Å². The van der Waals surface area contributed by atoms with E-state index >= 15 is 0 Å². The maximum absolute atomic E-state index is 3.67. The molecule has 0 aromatic heterocycles. The zero-order valence-electron chi connectivity index (χ0n) is 11.3. The van der Waals surface area contributed by atoms with Gasteiger partial charge >= 0.3 is 0 Å². The fourth-order valence-corrected chi connectivity index (χ4v) is 2.98. The van der Waals surface area contributed by atoms with Crippen LogP contribution in [0.5, 0.6) is 0 Å². The molecule has 0 aliphatic heterocycles. The van der Waals surface area contributed by atoms with Crippen LogP contribution in [0.1, 0.15) is 30.5 Å². The molecule has 0 amide bonds. The van der Waals surface area contributed by atoms with E-state index < -0.39 is 0 Å². The Morgan fingerprint density at radius 3 is 2.37 bits per heavy atom. The quantitative estimate of drug-likeness (QED) is 0.740. The average molecular weight is 365 g/mol. The van der Waals surface area contributed by atoms with E-state index in [2.05, 4.69) is 89.4 Å². The van der Waals surface area contributed by atoms with Crippen LogP contribution in [0.15, 0.2) is 54.6 Å². The molecule has 2 aromatic rings. The molecular formula is C17H20IN. The first-order chi connectivity index (χ1) is 9.31. The summed E-state index contributed by atoms with van der Waals surface area (Å²) in [4.78, 5) is 0. The van der Waals surface area contributed by atoms with Gasteiger partial charge in [-0.25, -0.2) is 0 Å². The molecule has 0 aliphatic rings. The van der Waals surface area contributed by atoms with Crippen LogP contribution in [0.4, 0.5) is 0 Å². The second kappa shape index (κ2) is 7.65. The number of hydrogen-bond donors (Lipinski definition) is 1. The Morgan fingerprint density at radius 2 is 1.68 bits per heavy atom. The van der Waals surface area contributed by atoms with Crippen molar-refractivity contribution in [2.24, 2.45) is 0 Å². The van der Waals surface area contributed by atoms with E-state index in [0.29, 0.717) is 6.04 Å². The van der Waals surface area contributed by atoms with Crippen molar-refractivity contribution in [3.05, 3.63) is 69.3 Å². The Labute approximate surface area is 129 Å². The van der Waals surface area contributed by atoms with Crippen LogP contribution in [0.3, 0.4) is 0 Å². The molecule has 0 saturated heterocycles. The monoisotopic (exact) mass is 365 g/mol. The standard InChI is InChI=1S/C17H20IN/c1-2-12-19-17(13-14-8-4-3-5-9-14)15-10-6-7-11-16(15)18/h3-11,17,19H,2,12-13H2,1H3. The lowest BCUT2D eigenvalue weighted by atomic mass is 9.99. The molecule has 1 N–H and O–H groups in total. The SMILES string of the molecule is CCCNC(Cc1ccccc1)c1ccccc1I. The predicted molar refractivity (Wildman–Crippen MR) is 90.3 cm³/mol. The number of halogens is 1. The van der Waals surface area contributed by atoms with Crippen LogP contribution in [0.25, 0.3) is 0 Å². The first kappa shape index (κ1) is 14.5. The van der Waals surface area contributed by atoms with E-state index in [1.807, 2.05) is 0 Å². The molecule has 2 heteroatoms. The van der Waals surface area contributed by atoms with Gasteiger partial charge in [0.15, 0.2) is 0 Å². The summed E-state index contributed by atoms with van der Waals surface area (Å²) in [5, 5.41) is 3.67. The lowest BCUT2D eigenvalue weighted by Gasteiger charge is -2.20. The Bertz CT molecular complexity index is 496. The highest BCUT2D eigenvalue weighted by molar-refractivity contribution is 14.1. The van der Waals surface area contributed by atoms with Crippen molar-refractivity contribution in [2.75, 3.05) is 6.54 Å². The van der Waals surface area contributed by atoms with E-state index in [1.54, 1.807) is 0 Å². The van der Waals surface area contributed by atoms with E-state index in [9.17, 15) is 0 Å². The summed E-state index contributed by atoms with van der Waals surface area (Å²) >= 11 is 2.43. The average Bonchev–Trinajstić information content (AvgIpc) is 2.45. The van der Waals surface area contributed by atoms with Gasteiger partial charge in [0.1, 0.15) is 0 Å². The number of hydrogen-bond acceptors (Lipinski definition) is 1. The van der Waals surface area contributed by atoms with Crippen LogP contribution >= 0.6 is 22.6 Å². The van der Waals surface area contributed by atoms with Gasteiger partial charge in [-0.05, 0) is 59.2 Å². The minimum atomic E-state index is 0.399. The second-order valence-electron chi connectivity index (χ2n) is 4.72. The molecule has 0 aliphatic carbocycles. The van der Waals surface area contributed by atoms with Crippen molar-refractivity contribution in [3.8, 4) is 0 Å². The smallest absolute Gasteiger partial charge is 0.0371 e. The van der Waals surface area contributed by atoms with Crippen LogP contribution in [0, 0.1) is 3.57 Å². The first-order valence-electron chi connectivity index (χ1n) is 6.83. The van der Waals surface area contributed by atoms with Gasteiger partial charge in [-0.2, -0.15) is 0 Å². The number of benzene rings is 2. The maximum Gasteiger partial charge on any atom is 0.0371 e.